The monoisotopic (exact) mass is 362 g/mol. The zero-order valence-electron chi connectivity index (χ0n) is 15.3. The molecule has 0 spiro atoms. The molecule has 0 aliphatic rings. The molecule has 2 aromatic carbocycles. The molecule has 0 unspecified atom stereocenters. The number of amides is 1. The Hall–Kier alpha value is -3.12. The molecule has 138 valence electrons. The van der Waals surface area contributed by atoms with Crippen LogP contribution in [0, 0.1) is 0 Å². The number of nitrogens with one attached hydrogen (secondary N) is 1. The van der Waals surface area contributed by atoms with E-state index in [0.29, 0.717) is 31.8 Å². The first-order valence-corrected chi connectivity index (χ1v) is 9.03. The van der Waals surface area contributed by atoms with Crippen LogP contribution in [0.5, 0.6) is 0 Å². The first-order chi connectivity index (χ1) is 13.3. The fraction of sp³-hybridized carbons (Fsp3) is 0.238. The molecule has 0 atom stereocenters. The Morgan fingerprint density at radius 3 is 2.67 bits per heavy atom. The summed E-state index contributed by atoms with van der Waals surface area (Å²) in [7, 11) is 1.68. The number of carbonyl (C=O) groups excluding carboxylic acids is 1. The first-order valence-electron chi connectivity index (χ1n) is 9.03. The molecule has 4 rings (SSSR count). The second-order valence-electron chi connectivity index (χ2n) is 6.43. The Morgan fingerprint density at radius 2 is 1.81 bits per heavy atom. The molecule has 2 heterocycles. The summed E-state index contributed by atoms with van der Waals surface area (Å²) in [5.41, 5.74) is 3.77. The standard InChI is InChI=1S/C21H22N4O2/c1-27-13-12-24-14-17(16-6-2-4-8-19(16)24)21(26)22-10-11-25-15-23-18-7-3-5-9-20(18)25/h2-9,14-15H,10-13H2,1H3,(H,22,26). The third kappa shape index (κ3) is 3.44. The Bertz CT molecular complexity index is 1080. The molecule has 0 bridgehead atoms. The zero-order chi connectivity index (χ0) is 18.6. The lowest BCUT2D eigenvalue weighted by Gasteiger charge is -2.06. The number of nitrogens with zero attached hydrogens (tertiary/aromatic N) is 3. The van der Waals surface area contributed by atoms with Crippen LogP contribution in [0.15, 0.2) is 61.1 Å². The lowest BCUT2D eigenvalue weighted by Crippen LogP contribution is -2.27. The molecule has 0 fully saturated rings. The third-order valence-corrected chi connectivity index (χ3v) is 4.74. The van der Waals surface area contributed by atoms with Crippen LogP contribution in [-0.4, -0.2) is 40.3 Å². The van der Waals surface area contributed by atoms with Gasteiger partial charge in [0.15, 0.2) is 0 Å². The second kappa shape index (κ2) is 7.63. The van der Waals surface area contributed by atoms with Crippen LogP contribution in [0.2, 0.25) is 0 Å². The highest BCUT2D eigenvalue weighted by Gasteiger charge is 2.14. The largest absolute Gasteiger partial charge is 0.383 e. The number of hydrogen-bond donors (Lipinski definition) is 1. The molecule has 1 N–H and O–H groups in total. The van der Waals surface area contributed by atoms with Crippen molar-refractivity contribution < 1.29 is 9.53 Å². The van der Waals surface area contributed by atoms with E-state index in [1.54, 1.807) is 7.11 Å². The molecule has 27 heavy (non-hydrogen) atoms. The Kier molecular flexibility index (Phi) is 4.89. The van der Waals surface area contributed by atoms with Crippen LogP contribution in [-0.2, 0) is 17.8 Å². The Balaban J connectivity index is 1.48. The number of fused-ring (bicyclic) bond motifs is 2. The van der Waals surface area contributed by atoms with Crippen molar-refractivity contribution in [3.05, 3.63) is 66.6 Å². The zero-order valence-corrected chi connectivity index (χ0v) is 15.3. The van der Waals surface area contributed by atoms with Gasteiger partial charge in [0.25, 0.3) is 5.91 Å². The van der Waals surface area contributed by atoms with E-state index in [-0.39, 0.29) is 5.91 Å². The number of ether oxygens (including phenoxy) is 1. The summed E-state index contributed by atoms with van der Waals surface area (Å²) in [5.74, 6) is -0.0632. The molecule has 6 heteroatoms. The predicted octanol–water partition coefficient (Wildman–Crippen LogP) is 3.07. The van der Waals surface area contributed by atoms with E-state index in [1.165, 1.54) is 0 Å². The van der Waals surface area contributed by atoms with Crippen LogP contribution >= 0.6 is 0 Å². The van der Waals surface area contributed by atoms with Gasteiger partial charge in [-0.3, -0.25) is 4.79 Å². The van der Waals surface area contributed by atoms with Gasteiger partial charge in [0.2, 0.25) is 0 Å². The van der Waals surface area contributed by atoms with Crippen molar-refractivity contribution in [2.45, 2.75) is 13.1 Å². The van der Waals surface area contributed by atoms with Crippen molar-refractivity contribution >= 4 is 27.8 Å². The molecular weight excluding hydrogens is 340 g/mol. The van der Waals surface area contributed by atoms with Gasteiger partial charge in [0.05, 0.1) is 29.5 Å². The van der Waals surface area contributed by atoms with Gasteiger partial charge in [-0.05, 0) is 18.2 Å². The molecule has 2 aromatic heterocycles. The van der Waals surface area contributed by atoms with E-state index >= 15 is 0 Å². The number of benzene rings is 2. The molecule has 0 aliphatic carbocycles. The summed E-state index contributed by atoms with van der Waals surface area (Å²) in [6.45, 7) is 2.53. The molecule has 0 saturated heterocycles. The topological polar surface area (TPSA) is 61.1 Å². The first kappa shape index (κ1) is 17.3. The number of para-hydroxylation sites is 3. The van der Waals surface area contributed by atoms with Crippen LogP contribution < -0.4 is 5.32 Å². The predicted molar refractivity (Wildman–Crippen MR) is 106 cm³/mol. The fourth-order valence-corrected chi connectivity index (χ4v) is 3.38. The van der Waals surface area contributed by atoms with Crippen molar-refractivity contribution in [2.75, 3.05) is 20.3 Å². The van der Waals surface area contributed by atoms with Gasteiger partial charge in [-0.15, -0.1) is 0 Å². The minimum absolute atomic E-state index is 0.0632. The van der Waals surface area contributed by atoms with E-state index in [2.05, 4.69) is 19.4 Å². The van der Waals surface area contributed by atoms with Crippen LogP contribution in [0.4, 0.5) is 0 Å². The minimum atomic E-state index is -0.0632. The van der Waals surface area contributed by atoms with E-state index in [4.69, 9.17) is 4.74 Å². The van der Waals surface area contributed by atoms with Crippen molar-refractivity contribution in [2.24, 2.45) is 0 Å². The molecule has 1 amide bonds. The maximum atomic E-state index is 12.8. The molecule has 4 aromatic rings. The average molecular weight is 362 g/mol. The summed E-state index contributed by atoms with van der Waals surface area (Å²) in [5, 5.41) is 3.99. The number of rotatable bonds is 7. The molecule has 0 saturated carbocycles. The van der Waals surface area contributed by atoms with E-state index in [1.807, 2.05) is 61.1 Å². The minimum Gasteiger partial charge on any atom is -0.383 e. The normalized spacial score (nSPS) is 11.3. The number of imidazole rings is 1. The van der Waals surface area contributed by atoms with Gasteiger partial charge in [0.1, 0.15) is 0 Å². The summed E-state index contributed by atoms with van der Waals surface area (Å²) in [6.07, 6.45) is 3.72. The summed E-state index contributed by atoms with van der Waals surface area (Å²) >= 11 is 0. The molecule has 6 nitrogen and oxygen atoms in total. The molecule has 0 aliphatic heterocycles. The maximum absolute atomic E-state index is 12.8. The van der Waals surface area contributed by atoms with Gasteiger partial charge in [-0.2, -0.15) is 0 Å². The molecular formula is C21H22N4O2. The van der Waals surface area contributed by atoms with Crippen molar-refractivity contribution in [3.63, 3.8) is 0 Å². The number of carbonyl (C=O) groups is 1. The van der Waals surface area contributed by atoms with Crippen LogP contribution in [0.1, 0.15) is 10.4 Å². The summed E-state index contributed by atoms with van der Waals surface area (Å²) in [4.78, 5) is 17.1. The van der Waals surface area contributed by atoms with Crippen molar-refractivity contribution in [3.8, 4) is 0 Å². The Morgan fingerprint density at radius 1 is 1.04 bits per heavy atom. The fourth-order valence-electron chi connectivity index (χ4n) is 3.38. The van der Waals surface area contributed by atoms with Crippen molar-refractivity contribution in [1.82, 2.24) is 19.4 Å². The van der Waals surface area contributed by atoms with Crippen LogP contribution in [0.25, 0.3) is 21.9 Å². The second-order valence-corrected chi connectivity index (χ2v) is 6.43. The molecule has 0 radical (unpaired) electrons. The highest BCUT2D eigenvalue weighted by Crippen LogP contribution is 2.21. The highest BCUT2D eigenvalue weighted by atomic mass is 16.5. The number of aromatic nitrogens is 3. The smallest absolute Gasteiger partial charge is 0.253 e. The quantitative estimate of drug-likeness (QED) is 0.550. The lowest BCUT2D eigenvalue weighted by molar-refractivity contribution is 0.0953. The van der Waals surface area contributed by atoms with Gasteiger partial charge in [-0.1, -0.05) is 30.3 Å². The lowest BCUT2D eigenvalue weighted by atomic mass is 10.1. The average Bonchev–Trinajstić information content (AvgIpc) is 3.28. The van der Waals surface area contributed by atoms with Crippen LogP contribution in [0.3, 0.4) is 0 Å². The van der Waals surface area contributed by atoms with Gasteiger partial charge < -0.3 is 19.2 Å². The summed E-state index contributed by atoms with van der Waals surface area (Å²) < 4.78 is 9.30. The summed E-state index contributed by atoms with van der Waals surface area (Å²) in [6, 6.07) is 15.9. The van der Waals surface area contributed by atoms with Crippen molar-refractivity contribution in [1.29, 1.82) is 0 Å². The van der Waals surface area contributed by atoms with Gasteiger partial charge >= 0.3 is 0 Å². The van der Waals surface area contributed by atoms with E-state index in [9.17, 15) is 4.79 Å². The number of methoxy groups -OCH3 is 1. The third-order valence-electron chi connectivity index (χ3n) is 4.74. The van der Waals surface area contributed by atoms with E-state index in [0.717, 1.165) is 21.9 Å². The SMILES string of the molecule is COCCn1cc(C(=O)NCCn2cnc3ccccc32)c2ccccc21. The van der Waals surface area contributed by atoms with E-state index < -0.39 is 0 Å². The highest BCUT2D eigenvalue weighted by molar-refractivity contribution is 6.07. The van der Waals surface area contributed by atoms with Gasteiger partial charge in [-0.25, -0.2) is 4.98 Å². The Labute approximate surface area is 157 Å². The maximum Gasteiger partial charge on any atom is 0.253 e. The van der Waals surface area contributed by atoms with Gasteiger partial charge in [0, 0.05) is 43.8 Å². The number of hydrogen-bond acceptors (Lipinski definition) is 3.